The van der Waals surface area contributed by atoms with Crippen molar-refractivity contribution in [2.24, 2.45) is 0 Å². The number of carbonyl (C=O) groups is 3. The SMILES string of the molecule is O=C(COC(=O)/C=C/c1ccc2c(c1)OCCO2)NC(=O)Nc1ccccc1. The molecular weight excluding hydrogens is 364 g/mol. The van der Waals surface area contributed by atoms with Gasteiger partial charge in [0.1, 0.15) is 13.2 Å². The fourth-order valence-electron chi connectivity index (χ4n) is 2.36. The predicted molar refractivity (Wildman–Crippen MR) is 101 cm³/mol. The predicted octanol–water partition coefficient (Wildman–Crippen LogP) is 2.36. The second-order valence-corrected chi connectivity index (χ2v) is 5.71. The molecule has 2 aromatic rings. The topological polar surface area (TPSA) is 103 Å². The monoisotopic (exact) mass is 382 g/mol. The van der Waals surface area contributed by atoms with Gasteiger partial charge in [-0.15, -0.1) is 0 Å². The molecule has 8 heteroatoms. The van der Waals surface area contributed by atoms with Crippen LogP contribution in [0.2, 0.25) is 0 Å². The third-order valence-electron chi connectivity index (χ3n) is 3.61. The Hall–Kier alpha value is -3.81. The Labute approximate surface area is 161 Å². The molecule has 0 spiro atoms. The number of anilines is 1. The van der Waals surface area contributed by atoms with Gasteiger partial charge >= 0.3 is 12.0 Å². The average Bonchev–Trinajstić information content (AvgIpc) is 2.71. The van der Waals surface area contributed by atoms with E-state index in [9.17, 15) is 14.4 Å². The van der Waals surface area contributed by atoms with Crippen LogP contribution in [-0.2, 0) is 14.3 Å². The van der Waals surface area contributed by atoms with Crippen molar-refractivity contribution >= 4 is 29.7 Å². The van der Waals surface area contributed by atoms with Crippen LogP contribution in [0.15, 0.2) is 54.6 Å². The molecule has 8 nitrogen and oxygen atoms in total. The van der Waals surface area contributed by atoms with Gasteiger partial charge in [-0.1, -0.05) is 24.3 Å². The normalized spacial score (nSPS) is 12.3. The molecular formula is C20H18N2O6. The van der Waals surface area contributed by atoms with Gasteiger partial charge in [-0.25, -0.2) is 9.59 Å². The van der Waals surface area contributed by atoms with E-state index in [4.69, 9.17) is 14.2 Å². The maximum atomic E-state index is 11.7. The Morgan fingerprint density at radius 1 is 1.00 bits per heavy atom. The van der Waals surface area contributed by atoms with Crippen LogP contribution >= 0.6 is 0 Å². The minimum Gasteiger partial charge on any atom is -0.486 e. The summed E-state index contributed by atoms with van der Waals surface area (Å²) >= 11 is 0. The summed E-state index contributed by atoms with van der Waals surface area (Å²) in [6.07, 6.45) is 2.71. The maximum Gasteiger partial charge on any atom is 0.331 e. The zero-order chi connectivity index (χ0) is 19.8. The number of hydrogen-bond acceptors (Lipinski definition) is 6. The third kappa shape index (κ3) is 5.60. The first-order valence-corrected chi connectivity index (χ1v) is 8.50. The van der Waals surface area contributed by atoms with E-state index in [0.29, 0.717) is 36.0 Å². The summed E-state index contributed by atoms with van der Waals surface area (Å²) in [4.78, 5) is 35.1. The second-order valence-electron chi connectivity index (χ2n) is 5.71. The number of benzene rings is 2. The van der Waals surface area contributed by atoms with Crippen LogP contribution in [0.25, 0.3) is 6.08 Å². The molecule has 0 unspecified atom stereocenters. The van der Waals surface area contributed by atoms with E-state index in [1.54, 1.807) is 48.5 Å². The van der Waals surface area contributed by atoms with E-state index in [1.165, 1.54) is 12.2 Å². The van der Waals surface area contributed by atoms with Crippen LogP contribution < -0.4 is 20.1 Å². The number of esters is 1. The Morgan fingerprint density at radius 3 is 2.54 bits per heavy atom. The summed E-state index contributed by atoms with van der Waals surface area (Å²) in [5.74, 6) is -0.204. The van der Waals surface area contributed by atoms with Gasteiger partial charge in [0.25, 0.3) is 5.91 Å². The third-order valence-corrected chi connectivity index (χ3v) is 3.61. The van der Waals surface area contributed by atoms with Crippen LogP contribution in [0.5, 0.6) is 11.5 Å². The summed E-state index contributed by atoms with van der Waals surface area (Å²) in [6, 6.07) is 13.2. The van der Waals surface area contributed by atoms with Crippen LogP contribution in [0.4, 0.5) is 10.5 Å². The molecule has 0 fully saturated rings. The van der Waals surface area contributed by atoms with E-state index in [-0.39, 0.29) is 0 Å². The summed E-state index contributed by atoms with van der Waals surface area (Å²) in [5, 5.41) is 4.56. The highest BCUT2D eigenvalue weighted by Crippen LogP contribution is 2.31. The van der Waals surface area contributed by atoms with Crippen LogP contribution in [0, 0.1) is 0 Å². The number of carbonyl (C=O) groups excluding carboxylic acids is 3. The standard InChI is InChI=1S/C20H18N2O6/c23-18(22-20(25)21-15-4-2-1-3-5-15)13-28-19(24)9-7-14-6-8-16-17(12-14)27-11-10-26-16/h1-9,12H,10-11,13H2,(H2,21,22,23,25)/b9-7+. The van der Waals surface area contributed by atoms with Gasteiger partial charge in [-0.3, -0.25) is 10.1 Å². The molecule has 0 saturated heterocycles. The first-order valence-electron chi connectivity index (χ1n) is 8.50. The zero-order valence-electron chi connectivity index (χ0n) is 14.8. The number of nitrogens with one attached hydrogen (secondary N) is 2. The van der Waals surface area contributed by atoms with Gasteiger partial charge in [0.15, 0.2) is 18.1 Å². The lowest BCUT2D eigenvalue weighted by atomic mass is 10.2. The van der Waals surface area contributed by atoms with Crippen molar-refractivity contribution in [2.45, 2.75) is 0 Å². The molecule has 2 N–H and O–H groups in total. The Balaban J connectivity index is 1.43. The highest BCUT2D eigenvalue weighted by Gasteiger charge is 2.12. The molecule has 1 aliphatic rings. The first-order chi connectivity index (χ1) is 13.6. The number of rotatable bonds is 5. The lowest BCUT2D eigenvalue weighted by Gasteiger charge is -2.18. The van der Waals surface area contributed by atoms with Crippen molar-refractivity contribution < 1.29 is 28.6 Å². The zero-order valence-corrected chi connectivity index (χ0v) is 14.8. The highest BCUT2D eigenvalue weighted by molar-refractivity contribution is 6.02. The number of fused-ring (bicyclic) bond motifs is 1. The van der Waals surface area contributed by atoms with E-state index >= 15 is 0 Å². The molecule has 0 atom stereocenters. The first kappa shape index (κ1) is 19.0. The summed E-state index contributed by atoms with van der Waals surface area (Å²) in [7, 11) is 0. The number of ether oxygens (including phenoxy) is 3. The number of hydrogen-bond donors (Lipinski definition) is 2. The molecule has 0 aliphatic carbocycles. The van der Waals surface area contributed by atoms with E-state index < -0.39 is 24.5 Å². The molecule has 2 aromatic carbocycles. The van der Waals surface area contributed by atoms with Crippen LogP contribution in [0.1, 0.15) is 5.56 Å². The van der Waals surface area contributed by atoms with Gasteiger partial charge in [-0.2, -0.15) is 0 Å². The molecule has 3 rings (SSSR count). The molecule has 28 heavy (non-hydrogen) atoms. The minimum atomic E-state index is -0.741. The molecule has 1 aliphatic heterocycles. The van der Waals surface area contributed by atoms with Gasteiger partial charge in [0.2, 0.25) is 0 Å². The van der Waals surface area contributed by atoms with Gasteiger partial charge in [0, 0.05) is 11.8 Å². The highest BCUT2D eigenvalue weighted by atomic mass is 16.6. The largest absolute Gasteiger partial charge is 0.486 e. The average molecular weight is 382 g/mol. The summed E-state index contributed by atoms with van der Waals surface area (Å²) < 4.78 is 15.7. The Kier molecular flexibility index (Phi) is 6.25. The van der Waals surface area contributed by atoms with Crippen LogP contribution in [0.3, 0.4) is 0 Å². The molecule has 144 valence electrons. The van der Waals surface area contributed by atoms with Crippen LogP contribution in [-0.4, -0.2) is 37.7 Å². The van der Waals surface area contributed by atoms with Crippen molar-refractivity contribution in [1.82, 2.24) is 5.32 Å². The van der Waals surface area contributed by atoms with Gasteiger partial charge in [0.05, 0.1) is 0 Å². The number of amides is 3. The molecule has 1 heterocycles. The second kappa shape index (κ2) is 9.22. The maximum absolute atomic E-state index is 11.7. The molecule has 3 amide bonds. The summed E-state index contributed by atoms with van der Waals surface area (Å²) in [6.45, 7) is 0.391. The molecule has 0 saturated carbocycles. The van der Waals surface area contributed by atoms with E-state index in [2.05, 4.69) is 10.6 Å². The van der Waals surface area contributed by atoms with E-state index in [0.717, 1.165) is 0 Å². The van der Waals surface area contributed by atoms with Crippen molar-refractivity contribution in [3.05, 3.63) is 60.2 Å². The quantitative estimate of drug-likeness (QED) is 0.608. The van der Waals surface area contributed by atoms with Crippen molar-refractivity contribution in [3.8, 4) is 11.5 Å². The molecule has 0 aromatic heterocycles. The van der Waals surface area contributed by atoms with Crippen molar-refractivity contribution in [2.75, 3.05) is 25.1 Å². The number of urea groups is 1. The Morgan fingerprint density at radius 2 is 1.75 bits per heavy atom. The smallest absolute Gasteiger partial charge is 0.331 e. The minimum absolute atomic E-state index is 0.467. The molecule has 0 bridgehead atoms. The Bertz CT molecular complexity index is 895. The van der Waals surface area contributed by atoms with Gasteiger partial charge < -0.3 is 19.5 Å². The molecule has 0 radical (unpaired) electrons. The number of para-hydroxylation sites is 1. The van der Waals surface area contributed by atoms with Crippen molar-refractivity contribution in [1.29, 1.82) is 0 Å². The van der Waals surface area contributed by atoms with Crippen molar-refractivity contribution in [3.63, 3.8) is 0 Å². The lowest BCUT2D eigenvalue weighted by Crippen LogP contribution is -2.37. The summed E-state index contributed by atoms with van der Waals surface area (Å²) in [5.41, 5.74) is 1.25. The number of imide groups is 1. The van der Waals surface area contributed by atoms with Gasteiger partial charge in [-0.05, 0) is 35.9 Å². The lowest BCUT2D eigenvalue weighted by molar-refractivity contribution is -0.143. The van der Waals surface area contributed by atoms with E-state index in [1.807, 2.05) is 0 Å². The fourth-order valence-corrected chi connectivity index (χ4v) is 2.36. The fraction of sp³-hybridized carbons (Fsp3) is 0.150.